The van der Waals surface area contributed by atoms with E-state index >= 15 is 0 Å². The Balaban J connectivity index is 1.77. The number of halogens is 1. The van der Waals surface area contributed by atoms with E-state index in [1.54, 1.807) is 12.1 Å². The van der Waals surface area contributed by atoms with Crippen LogP contribution in [0.3, 0.4) is 0 Å². The Hall–Kier alpha value is -2.20. The summed E-state index contributed by atoms with van der Waals surface area (Å²) in [5.74, 6) is -0.204. The van der Waals surface area contributed by atoms with Crippen LogP contribution in [0.2, 0.25) is 0 Å². The molecule has 0 saturated heterocycles. The first kappa shape index (κ1) is 13.8. The molecule has 0 amide bonds. The predicted molar refractivity (Wildman–Crippen MR) is 82.4 cm³/mol. The van der Waals surface area contributed by atoms with E-state index < -0.39 is 0 Å². The lowest BCUT2D eigenvalue weighted by Crippen LogP contribution is -2.18. The molecule has 0 radical (unpaired) electrons. The third kappa shape index (κ3) is 2.81. The van der Waals surface area contributed by atoms with Gasteiger partial charge in [0.2, 0.25) is 0 Å². The highest BCUT2D eigenvalue weighted by Gasteiger charge is 2.10. The molecule has 2 aromatic carbocycles. The van der Waals surface area contributed by atoms with Crippen molar-refractivity contribution in [3.8, 4) is 0 Å². The first-order chi connectivity index (χ1) is 10.1. The van der Waals surface area contributed by atoms with E-state index in [0.717, 1.165) is 22.2 Å². The average molecular weight is 283 g/mol. The largest absolute Gasteiger partial charge is 0.304 e. The quantitative estimate of drug-likeness (QED) is 0.793. The Kier molecular flexibility index (Phi) is 3.71. The Labute approximate surface area is 123 Å². The van der Waals surface area contributed by atoms with Gasteiger partial charge < -0.3 is 5.32 Å². The van der Waals surface area contributed by atoms with Gasteiger partial charge in [-0.1, -0.05) is 30.3 Å². The predicted octanol–water partition coefficient (Wildman–Crippen LogP) is 3.56. The van der Waals surface area contributed by atoms with Gasteiger partial charge in [0.1, 0.15) is 5.82 Å². The minimum atomic E-state index is -0.204. The van der Waals surface area contributed by atoms with Crippen molar-refractivity contribution in [1.82, 2.24) is 15.1 Å². The molecule has 0 saturated carbocycles. The van der Waals surface area contributed by atoms with Gasteiger partial charge in [-0.2, -0.15) is 5.10 Å². The molecule has 0 fully saturated rings. The van der Waals surface area contributed by atoms with Gasteiger partial charge >= 0.3 is 0 Å². The van der Waals surface area contributed by atoms with Crippen LogP contribution >= 0.6 is 0 Å². The normalized spacial score (nSPS) is 12.7. The van der Waals surface area contributed by atoms with Gasteiger partial charge in [-0.3, -0.25) is 4.68 Å². The first-order valence-electron chi connectivity index (χ1n) is 7.04. The molecule has 21 heavy (non-hydrogen) atoms. The van der Waals surface area contributed by atoms with Gasteiger partial charge in [0.25, 0.3) is 0 Å². The minimum Gasteiger partial charge on any atom is -0.304 e. The number of hydrogen-bond donors (Lipinski definition) is 1. The number of nitrogens with zero attached hydrogens (tertiary/aromatic N) is 2. The lowest BCUT2D eigenvalue weighted by atomic mass is 10.1. The molecule has 108 valence electrons. The number of benzene rings is 2. The number of nitrogens with one attached hydrogen (secondary N) is 1. The van der Waals surface area contributed by atoms with E-state index in [1.807, 2.05) is 36.9 Å². The second-order valence-electron chi connectivity index (χ2n) is 5.25. The summed E-state index contributed by atoms with van der Waals surface area (Å²) in [5.41, 5.74) is 3.07. The zero-order valence-electron chi connectivity index (χ0n) is 12.2. The summed E-state index contributed by atoms with van der Waals surface area (Å²) in [7, 11) is 1.95. The van der Waals surface area contributed by atoms with Gasteiger partial charge in [-0.05, 0) is 30.7 Å². The Morgan fingerprint density at radius 3 is 2.81 bits per heavy atom. The fourth-order valence-corrected chi connectivity index (χ4v) is 2.56. The van der Waals surface area contributed by atoms with Gasteiger partial charge in [0.15, 0.2) is 0 Å². The van der Waals surface area contributed by atoms with Crippen LogP contribution in [0.1, 0.15) is 24.2 Å². The van der Waals surface area contributed by atoms with Crippen molar-refractivity contribution < 1.29 is 4.39 Å². The number of rotatable bonds is 4. The summed E-state index contributed by atoms with van der Waals surface area (Å²) in [6.45, 7) is 2.68. The van der Waals surface area contributed by atoms with E-state index in [0.29, 0.717) is 6.54 Å². The molecule has 1 heterocycles. The fraction of sp³-hybridized carbons (Fsp3) is 0.235. The summed E-state index contributed by atoms with van der Waals surface area (Å²) in [4.78, 5) is 0. The van der Waals surface area contributed by atoms with Crippen molar-refractivity contribution in [2.45, 2.75) is 19.5 Å². The van der Waals surface area contributed by atoms with Crippen LogP contribution in [0.5, 0.6) is 0 Å². The third-order valence-corrected chi connectivity index (χ3v) is 3.76. The average Bonchev–Trinajstić information content (AvgIpc) is 2.82. The molecule has 0 aliphatic rings. The molecule has 3 nitrogen and oxygen atoms in total. The summed E-state index contributed by atoms with van der Waals surface area (Å²) in [6.07, 6.45) is 0. The standard InChI is InChI=1S/C17H18FN3/c1-12(13-6-5-7-14(18)10-13)19-11-16-15-8-3-4-9-17(15)21(2)20-16/h3-10,12,19H,11H2,1-2H3. The highest BCUT2D eigenvalue weighted by molar-refractivity contribution is 5.81. The van der Waals surface area contributed by atoms with Crippen molar-refractivity contribution >= 4 is 10.9 Å². The van der Waals surface area contributed by atoms with Gasteiger partial charge in [-0.25, -0.2) is 4.39 Å². The van der Waals surface area contributed by atoms with Crippen molar-refractivity contribution in [1.29, 1.82) is 0 Å². The van der Waals surface area contributed by atoms with Crippen LogP contribution in [0, 0.1) is 5.82 Å². The van der Waals surface area contributed by atoms with Crippen LogP contribution < -0.4 is 5.32 Å². The van der Waals surface area contributed by atoms with Crippen molar-refractivity contribution in [3.63, 3.8) is 0 Å². The molecule has 0 aliphatic carbocycles. The van der Waals surface area contributed by atoms with Crippen molar-refractivity contribution in [3.05, 3.63) is 65.6 Å². The number of aryl methyl sites for hydroxylation is 1. The molecular weight excluding hydrogens is 265 g/mol. The van der Waals surface area contributed by atoms with E-state index in [9.17, 15) is 4.39 Å². The molecular formula is C17H18FN3. The summed E-state index contributed by atoms with van der Waals surface area (Å²) < 4.78 is 15.1. The van der Waals surface area contributed by atoms with Crippen LogP contribution in [-0.4, -0.2) is 9.78 Å². The number of aromatic nitrogens is 2. The zero-order valence-corrected chi connectivity index (χ0v) is 12.2. The molecule has 4 heteroatoms. The fourth-order valence-electron chi connectivity index (χ4n) is 2.56. The minimum absolute atomic E-state index is 0.0708. The van der Waals surface area contributed by atoms with E-state index in [1.165, 1.54) is 6.07 Å². The van der Waals surface area contributed by atoms with Crippen LogP contribution in [0.25, 0.3) is 10.9 Å². The molecule has 3 aromatic rings. The molecule has 1 aromatic heterocycles. The SMILES string of the molecule is CC(NCc1nn(C)c2ccccc12)c1cccc(F)c1. The highest BCUT2D eigenvalue weighted by Crippen LogP contribution is 2.19. The number of fused-ring (bicyclic) bond motifs is 1. The maximum absolute atomic E-state index is 13.3. The summed E-state index contributed by atoms with van der Waals surface area (Å²) >= 11 is 0. The lowest BCUT2D eigenvalue weighted by Gasteiger charge is -2.13. The second kappa shape index (κ2) is 5.66. The van der Waals surface area contributed by atoms with Crippen molar-refractivity contribution in [2.24, 2.45) is 7.05 Å². The third-order valence-electron chi connectivity index (χ3n) is 3.76. The van der Waals surface area contributed by atoms with Crippen LogP contribution in [-0.2, 0) is 13.6 Å². The van der Waals surface area contributed by atoms with Crippen LogP contribution in [0.4, 0.5) is 4.39 Å². The van der Waals surface area contributed by atoms with E-state index in [2.05, 4.69) is 22.5 Å². The van der Waals surface area contributed by atoms with Gasteiger partial charge in [-0.15, -0.1) is 0 Å². The monoisotopic (exact) mass is 283 g/mol. The zero-order chi connectivity index (χ0) is 14.8. The maximum Gasteiger partial charge on any atom is 0.123 e. The van der Waals surface area contributed by atoms with Gasteiger partial charge in [0, 0.05) is 25.0 Å². The summed E-state index contributed by atoms with van der Waals surface area (Å²) in [5, 5.41) is 9.11. The molecule has 1 unspecified atom stereocenters. The van der Waals surface area contributed by atoms with Crippen LogP contribution in [0.15, 0.2) is 48.5 Å². The molecule has 0 aliphatic heterocycles. The molecule has 0 spiro atoms. The Bertz CT molecular complexity index is 764. The van der Waals surface area contributed by atoms with E-state index in [-0.39, 0.29) is 11.9 Å². The smallest absolute Gasteiger partial charge is 0.123 e. The summed E-state index contributed by atoms with van der Waals surface area (Å²) in [6, 6.07) is 14.9. The molecule has 3 rings (SSSR count). The highest BCUT2D eigenvalue weighted by atomic mass is 19.1. The van der Waals surface area contributed by atoms with Gasteiger partial charge in [0.05, 0.1) is 11.2 Å². The van der Waals surface area contributed by atoms with E-state index in [4.69, 9.17) is 0 Å². The first-order valence-corrected chi connectivity index (χ1v) is 7.04. The molecule has 1 atom stereocenters. The Morgan fingerprint density at radius 1 is 1.19 bits per heavy atom. The second-order valence-corrected chi connectivity index (χ2v) is 5.25. The number of hydrogen-bond acceptors (Lipinski definition) is 2. The maximum atomic E-state index is 13.3. The topological polar surface area (TPSA) is 29.9 Å². The molecule has 1 N–H and O–H groups in total. The van der Waals surface area contributed by atoms with Crippen molar-refractivity contribution in [2.75, 3.05) is 0 Å². The Morgan fingerprint density at radius 2 is 2.00 bits per heavy atom. The molecule has 0 bridgehead atoms. The lowest BCUT2D eigenvalue weighted by molar-refractivity contribution is 0.556. The number of para-hydroxylation sites is 1.